The molecule has 1 heterocycles. The average Bonchev–Trinajstić information content (AvgIpc) is 2.65. The van der Waals surface area contributed by atoms with Gasteiger partial charge in [-0.15, -0.1) is 0 Å². The number of nitrogens with zero attached hydrogens (tertiary/aromatic N) is 2. The largest absolute Gasteiger partial charge is 0.476 e. The zero-order valence-electron chi connectivity index (χ0n) is 9.92. The van der Waals surface area contributed by atoms with E-state index in [2.05, 4.69) is 4.98 Å². The van der Waals surface area contributed by atoms with Gasteiger partial charge >= 0.3 is 5.97 Å². The van der Waals surface area contributed by atoms with Crippen molar-refractivity contribution in [3.05, 3.63) is 41.3 Å². The highest BCUT2D eigenvalue weighted by atomic mass is 16.4. The third kappa shape index (κ3) is 1.82. The van der Waals surface area contributed by atoms with Crippen LogP contribution in [-0.4, -0.2) is 20.7 Å². The molecule has 5 N–H and O–H groups in total. The van der Waals surface area contributed by atoms with Crippen LogP contribution >= 0.6 is 0 Å². The van der Waals surface area contributed by atoms with Crippen LogP contribution in [0.5, 0.6) is 0 Å². The maximum absolute atomic E-state index is 11.3. The fourth-order valence-corrected chi connectivity index (χ4v) is 1.87. The van der Waals surface area contributed by atoms with E-state index in [4.69, 9.17) is 11.6 Å². The molecule has 0 saturated heterocycles. The molecule has 94 valence electrons. The minimum Gasteiger partial charge on any atom is -0.476 e. The van der Waals surface area contributed by atoms with Crippen LogP contribution in [0.15, 0.2) is 24.3 Å². The smallest absolute Gasteiger partial charge is 0.356 e. The highest BCUT2D eigenvalue weighted by Gasteiger charge is 2.22. The number of carbonyl (C=O) groups is 1. The average molecular weight is 246 g/mol. The highest BCUT2D eigenvalue weighted by Crippen LogP contribution is 2.26. The van der Waals surface area contributed by atoms with Gasteiger partial charge in [0.25, 0.3) is 0 Å². The van der Waals surface area contributed by atoms with E-state index in [0.29, 0.717) is 23.6 Å². The van der Waals surface area contributed by atoms with Gasteiger partial charge in [-0.2, -0.15) is 0 Å². The zero-order chi connectivity index (χ0) is 13.3. The normalized spacial score (nSPS) is 10.6. The number of benzene rings is 1. The Morgan fingerprint density at radius 2 is 2.11 bits per heavy atom. The second-order valence-electron chi connectivity index (χ2n) is 3.89. The van der Waals surface area contributed by atoms with Crippen LogP contribution < -0.4 is 11.6 Å². The quantitative estimate of drug-likeness (QED) is 0.692. The molecule has 0 radical (unpaired) electrons. The van der Waals surface area contributed by atoms with E-state index in [-0.39, 0.29) is 5.69 Å². The molecule has 1 aromatic carbocycles. The fourth-order valence-electron chi connectivity index (χ4n) is 1.87. The highest BCUT2D eigenvalue weighted by molar-refractivity contribution is 5.93. The lowest BCUT2D eigenvalue weighted by Crippen LogP contribution is -2.18. The molecule has 0 atom stereocenters. The van der Waals surface area contributed by atoms with Gasteiger partial charge < -0.3 is 16.7 Å². The van der Waals surface area contributed by atoms with E-state index in [9.17, 15) is 9.90 Å². The third-order valence-corrected chi connectivity index (χ3v) is 2.78. The van der Waals surface area contributed by atoms with E-state index in [1.54, 1.807) is 13.0 Å². The molecule has 0 spiro atoms. The summed E-state index contributed by atoms with van der Waals surface area (Å²) in [7, 11) is 0. The number of aromatic carboxylic acids is 1. The van der Waals surface area contributed by atoms with Crippen LogP contribution in [0.3, 0.4) is 0 Å². The Bertz CT molecular complexity index is 604. The van der Waals surface area contributed by atoms with Crippen LogP contribution in [0, 0.1) is 6.92 Å². The van der Waals surface area contributed by atoms with E-state index >= 15 is 0 Å². The van der Waals surface area contributed by atoms with Crippen molar-refractivity contribution < 1.29 is 9.90 Å². The molecule has 0 aliphatic carbocycles. The second-order valence-corrected chi connectivity index (χ2v) is 3.89. The minimum atomic E-state index is -1.11. The summed E-state index contributed by atoms with van der Waals surface area (Å²) in [5, 5.41) is 9.21. The van der Waals surface area contributed by atoms with Crippen molar-refractivity contribution in [2.45, 2.75) is 13.5 Å². The molecule has 0 unspecified atom stereocenters. The van der Waals surface area contributed by atoms with Gasteiger partial charge in [0.2, 0.25) is 0 Å². The van der Waals surface area contributed by atoms with Gasteiger partial charge in [0, 0.05) is 12.1 Å². The number of carboxylic acids is 1. The summed E-state index contributed by atoms with van der Waals surface area (Å²) in [5.41, 5.74) is 7.49. The maximum atomic E-state index is 11.3. The van der Waals surface area contributed by atoms with Crippen LogP contribution in [-0.2, 0) is 6.54 Å². The molecule has 18 heavy (non-hydrogen) atoms. The number of rotatable bonds is 3. The molecule has 0 fully saturated rings. The first-order chi connectivity index (χ1) is 8.56. The lowest BCUT2D eigenvalue weighted by molar-refractivity contribution is 0.0688. The predicted molar refractivity (Wildman–Crippen MR) is 67.4 cm³/mol. The molecule has 0 amide bonds. The van der Waals surface area contributed by atoms with Crippen molar-refractivity contribution in [2.24, 2.45) is 5.73 Å². The summed E-state index contributed by atoms with van der Waals surface area (Å²) >= 11 is 0. The van der Waals surface area contributed by atoms with E-state index in [0.717, 1.165) is 10.2 Å². The minimum absolute atomic E-state index is 0.0339. The number of aryl methyl sites for hydroxylation is 1. The van der Waals surface area contributed by atoms with Crippen LogP contribution in [0.1, 0.15) is 21.9 Å². The summed E-state index contributed by atoms with van der Waals surface area (Å²) < 4.78 is 1.07. The topological polar surface area (TPSA) is 107 Å². The monoisotopic (exact) mass is 246 g/mol. The number of nitrogen functional groups attached to an aromatic ring is 1. The molecule has 0 bridgehead atoms. The SMILES string of the molecule is Cc1nc(-c2ccccc2CN)c(C(=O)O)n1N. The summed E-state index contributed by atoms with van der Waals surface area (Å²) in [6.07, 6.45) is 0. The molecular formula is C12H14N4O2. The molecule has 0 aliphatic heterocycles. The van der Waals surface area contributed by atoms with Crippen molar-refractivity contribution >= 4 is 5.97 Å². The summed E-state index contributed by atoms with van der Waals surface area (Å²) in [5.74, 6) is 5.00. The summed E-state index contributed by atoms with van der Waals surface area (Å²) in [6.45, 7) is 1.96. The number of nitrogens with two attached hydrogens (primary N) is 2. The Morgan fingerprint density at radius 1 is 1.44 bits per heavy atom. The number of aromatic nitrogens is 2. The van der Waals surface area contributed by atoms with Crippen molar-refractivity contribution in [3.63, 3.8) is 0 Å². The first kappa shape index (κ1) is 12.1. The standard InChI is InChI=1S/C12H14N4O2/c1-7-15-10(11(12(17)18)16(7)14)9-5-3-2-4-8(9)6-13/h2-5H,6,13-14H2,1H3,(H,17,18). The zero-order valence-corrected chi connectivity index (χ0v) is 9.92. The van der Waals surface area contributed by atoms with Crippen molar-refractivity contribution in [3.8, 4) is 11.3 Å². The molecular weight excluding hydrogens is 232 g/mol. The van der Waals surface area contributed by atoms with Gasteiger partial charge in [-0.3, -0.25) is 0 Å². The lowest BCUT2D eigenvalue weighted by atomic mass is 10.0. The molecule has 2 aromatic rings. The van der Waals surface area contributed by atoms with E-state index in [1.165, 1.54) is 0 Å². The second kappa shape index (κ2) is 4.50. The Hall–Kier alpha value is -2.34. The van der Waals surface area contributed by atoms with Crippen molar-refractivity contribution in [2.75, 3.05) is 5.84 Å². The van der Waals surface area contributed by atoms with Crippen LogP contribution in [0.2, 0.25) is 0 Å². The molecule has 1 aromatic heterocycles. The summed E-state index contributed by atoms with van der Waals surface area (Å²) in [4.78, 5) is 15.5. The Balaban J connectivity index is 2.71. The van der Waals surface area contributed by atoms with Crippen LogP contribution in [0.25, 0.3) is 11.3 Å². The Labute approximate surface area is 104 Å². The number of hydrogen-bond acceptors (Lipinski definition) is 4. The van der Waals surface area contributed by atoms with Crippen molar-refractivity contribution in [1.82, 2.24) is 9.66 Å². The maximum Gasteiger partial charge on any atom is 0.356 e. The fraction of sp³-hybridized carbons (Fsp3) is 0.167. The molecule has 6 nitrogen and oxygen atoms in total. The van der Waals surface area contributed by atoms with E-state index < -0.39 is 5.97 Å². The van der Waals surface area contributed by atoms with Gasteiger partial charge in [0.15, 0.2) is 5.69 Å². The van der Waals surface area contributed by atoms with Gasteiger partial charge in [0.1, 0.15) is 11.5 Å². The van der Waals surface area contributed by atoms with Crippen LogP contribution in [0.4, 0.5) is 0 Å². The molecule has 0 aliphatic rings. The Kier molecular flexibility index (Phi) is 3.03. The van der Waals surface area contributed by atoms with Gasteiger partial charge in [-0.05, 0) is 12.5 Å². The predicted octanol–water partition coefficient (Wildman–Crippen LogP) is 0.729. The first-order valence-corrected chi connectivity index (χ1v) is 5.42. The van der Waals surface area contributed by atoms with E-state index in [1.807, 2.05) is 18.2 Å². The van der Waals surface area contributed by atoms with Gasteiger partial charge in [0.05, 0.1) is 0 Å². The lowest BCUT2D eigenvalue weighted by Gasteiger charge is -2.06. The van der Waals surface area contributed by atoms with Crippen molar-refractivity contribution in [1.29, 1.82) is 0 Å². The third-order valence-electron chi connectivity index (χ3n) is 2.78. The summed E-state index contributed by atoms with van der Waals surface area (Å²) in [6, 6.07) is 7.28. The first-order valence-electron chi connectivity index (χ1n) is 5.42. The number of carboxylic acid groups (broad SMARTS) is 1. The van der Waals surface area contributed by atoms with Gasteiger partial charge in [-0.25, -0.2) is 14.5 Å². The molecule has 2 rings (SSSR count). The Morgan fingerprint density at radius 3 is 2.72 bits per heavy atom. The number of hydrogen-bond donors (Lipinski definition) is 3. The molecule has 0 saturated carbocycles. The number of imidazole rings is 1. The molecule has 6 heteroatoms. The van der Waals surface area contributed by atoms with Gasteiger partial charge in [-0.1, -0.05) is 24.3 Å².